The maximum Gasteiger partial charge on any atom is 0.320 e. The van der Waals surface area contributed by atoms with Crippen molar-refractivity contribution in [1.82, 2.24) is 14.7 Å². The zero-order chi connectivity index (χ0) is 15.4. The van der Waals surface area contributed by atoms with Gasteiger partial charge in [0.1, 0.15) is 0 Å². The van der Waals surface area contributed by atoms with Crippen LogP contribution in [0.5, 0.6) is 0 Å². The number of carbonyl (C=O) groups excluding carboxylic acids is 2. The first kappa shape index (κ1) is 15.6. The van der Waals surface area contributed by atoms with Gasteiger partial charge >= 0.3 is 12.0 Å². The van der Waals surface area contributed by atoms with E-state index >= 15 is 0 Å². The first-order valence-corrected chi connectivity index (χ1v) is 7.24. The smallest absolute Gasteiger partial charge is 0.320 e. The van der Waals surface area contributed by atoms with Gasteiger partial charge in [0, 0.05) is 39.3 Å². The van der Waals surface area contributed by atoms with E-state index in [0.29, 0.717) is 39.3 Å². The molecule has 0 aromatic rings. The number of aliphatic carboxylic acids is 1. The number of piperazine rings is 1. The van der Waals surface area contributed by atoms with Gasteiger partial charge in [-0.1, -0.05) is 0 Å². The number of carbonyl (C=O) groups is 3. The Kier molecular flexibility index (Phi) is 5.00. The van der Waals surface area contributed by atoms with E-state index in [1.165, 1.54) is 0 Å². The molecule has 2 aliphatic heterocycles. The Labute approximate surface area is 123 Å². The number of rotatable bonds is 3. The molecule has 2 heterocycles. The predicted octanol–water partition coefficient (Wildman–Crippen LogP) is -0.994. The summed E-state index contributed by atoms with van der Waals surface area (Å²) in [6.45, 7) is 3.21. The van der Waals surface area contributed by atoms with Crippen molar-refractivity contribution >= 4 is 17.9 Å². The molecule has 1 unspecified atom stereocenters. The van der Waals surface area contributed by atoms with Gasteiger partial charge in [0.25, 0.3) is 0 Å². The third kappa shape index (κ3) is 4.07. The number of hydrogen-bond donors (Lipinski definition) is 2. The van der Waals surface area contributed by atoms with Crippen molar-refractivity contribution in [3.05, 3.63) is 0 Å². The molecular weight excluding hydrogens is 276 g/mol. The minimum Gasteiger partial charge on any atom is -0.480 e. The fraction of sp³-hybridized carbons (Fsp3) is 0.769. The van der Waals surface area contributed by atoms with Gasteiger partial charge in [-0.05, 0) is 12.8 Å². The molecule has 8 heteroatoms. The van der Waals surface area contributed by atoms with E-state index in [1.54, 1.807) is 9.80 Å². The molecule has 2 fully saturated rings. The van der Waals surface area contributed by atoms with Crippen molar-refractivity contribution in [3.63, 3.8) is 0 Å². The highest BCUT2D eigenvalue weighted by Gasteiger charge is 2.31. The van der Waals surface area contributed by atoms with E-state index in [-0.39, 0.29) is 24.4 Å². The molecule has 0 radical (unpaired) electrons. The second kappa shape index (κ2) is 6.75. The molecule has 8 nitrogen and oxygen atoms in total. The Balaban J connectivity index is 1.84. The van der Waals surface area contributed by atoms with Crippen LogP contribution in [-0.2, 0) is 9.59 Å². The average Bonchev–Trinajstić information content (AvgIpc) is 2.47. The molecule has 0 saturated carbocycles. The maximum absolute atomic E-state index is 12.4. The zero-order valence-corrected chi connectivity index (χ0v) is 12.0. The summed E-state index contributed by atoms with van der Waals surface area (Å²) in [5, 5.41) is 8.75. The Bertz CT molecular complexity index is 420. The lowest BCUT2D eigenvalue weighted by Crippen LogP contribution is -2.55. The highest BCUT2D eigenvalue weighted by molar-refractivity contribution is 5.79. The van der Waals surface area contributed by atoms with Gasteiger partial charge in [-0.3, -0.25) is 14.5 Å². The molecule has 2 aliphatic rings. The quantitative estimate of drug-likeness (QED) is 0.695. The van der Waals surface area contributed by atoms with Gasteiger partial charge < -0.3 is 20.6 Å². The molecule has 0 bridgehead atoms. The number of primary amides is 1. The molecule has 3 amide bonds. The van der Waals surface area contributed by atoms with E-state index in [1.807, 2.05) is 4.90 Å². The summed E-state index contributed by atoms with van der Waals surface area (Å²) in [6, 6.07) is -0.0732. The molecular formula is C13H22N4O4. The summed E-state index contributed by atoms with van der Waals surface area (Å²) < 4.78 is 0. The first-order chi connectivity index (χ1) is 9.97. The molecule has 2 rings (SSSR count). The predicted molar refractivity (Wildman–Crippen MR) is 74.5 cm³/mol. The fourth-order valence-corrected chi connectivity index (χ4v) is 2.87. The summed E-state index contributed by atoms with van der Waals surface area (Å²) in [5.74, 6) is -1.45. The van der Waals surface area contributed by atoms with Crippen LogP contribution in [0.25, 0.3) is 0 Å². The van der Waals surface area contributed by atoms with Crippen LogP contribution in [-0.4, -0.2) is 83.5 Å². The van der Waals surface area contributed by atoms with Crippen LogP contribution in [0.15, 0.2) is 0 Å². The van der Waals surface area contributed by atoms with Crippen molar-refractivity contribution in [2.75, 3.05) is 45.8 Å². The standard InChI is InChI=1S/C13H22N4O4/c14-12(20)10-2-1-3-17(8-10)13(21)16-6-4-15(5-7-16)9-11(18)19/h10H,1-9H2,(H2,14,20)(H,18,19). The number of carboxylic acids is 1. The number of piperidine rings is 1. The molecule has 0 spiro atoms. The molecule has 1 atom stereocenters. The van der Waals surface area contributed by atoms with Gasteiger partial charge in [-0.2, -0.15) is 0 Å². The Morgan fingerprint density at radius 2 is 1.71 bits per heavy atom. The van der Waals surface area contributed by atoms with Gasteiger partial charge in [0.15, 0.2) is 0 Å². The van der Waals surface area contributed by atoms with Crippen LogP contribution < -0.4 is 5.73 Å². The van der Waals surface area contributed by atoms with Gasteiger partial charge in [-0.25, -0.2) is 4.79 Å². The monoisotopic (exact) mass is 298 g/mol. The topological polar surface area (TPSA) is 107 Å². The lowest BCUT2D eigenvalue weighted by Gasteiger charge is -2.39. The fourth-order valence-electron chi connectivity index (χ4n) is 2.87. The number of likely N-dealkylation sites (tertiary alicyclic amines) is 1. The third-order valence-corrected chi connectivity index (χ3v) is 4.10. The number of carboxylic acid groups (broad SMARTS) is 1. The van der Waals surface area contributed by atoms with E-state index in [9.17, 15) is 14.4 Å². The van der Waals surface area contributed by atoms with Crippen molar-refractivity contribution in [3.8, 4) is 0 Å². The van der Waals surface area contributed by atoms with Gasteiger partial charge in [0.05, 0.1) is 12.5 Å². The molecule has 21 heavy (non-hydrogen) atoms. The van der Waals surface area contributed by atoms with Crippen LogP contribution in [0.1, 0.15) is 12.8 Å². The van der Waals surface area contributed by atoms with Crippen molar-refractivity contribution < 1.29 is 19.5 Å². The summed E-state index contributed by atoms with van der Waals surface area (Å²) in [4.78, 5) is 39.5. The molecule has 0 aromatic carbocycles. The average molecular weight is 298 g/mol. The zero-order valence-electron chi connectivity index (χ0n) is 12.0. The van der Waals surface area contributed by atoms with E-state index in [4.69, 9.17) is 10.8 Å². The second-order valence-corrected chi connectivity index (χ2v) is 5.63. The second-order valence-electron chi connectivity index (χ2n) is 5.63. The lowest BCUT2D eigenvalue weighted by atomic mass is 9.98. The molecule has 0 aliphatic carbocycles. The van der Waals surface area contributed by atoms with E-state index in [0.717, 1.165) is 12.8 Å². The number of urea groups is 1. The third-order valence-electron chi connectivity index (χ3n) is 4.10. The van der Waals surface area contributed by atoms with Crippen LogP contribution >= 0.6 is 0 Å². The molecule has 3 N–H and O–H groups in total. The largest absolute Gasteiger partial charge is 0.480 e. The highest BCUT2D eigenvalue weighted by Crippen LogP contribution is 2.18. The number of hydrogen-bond acceptors (Lipinski definition) is 4. The SMILES string of the molecule is NC(=O)C1CCCN(C(=O)N2CCN(CC(=O)O)CC2)C1. The van der Waals surface area contributed by atoms with Gasteiger partial charge in [0.2, 0.25) is 5.91 Å². The summed E-state index contributed by atoms with van der Waals surface area (Å²) in [6.07, 6.45) is 1.53. The Hall–Kier alpha value is -1.83. The first-order valence-electron chi connectivity index (χ1n) is 7.24. The van der Waals surface area contributed by atoms with Crippen molar-refractivity contribution in [1.29, 1.82) is 0 Å². The normalized spacial score (nSPS) is 23.9. The summed E-state index contributed by atoms with van der Waals surface area (Å²) >= 11 is 0. The van der Waals surface area contributed by atoms with Crippen LogP contribution in [0.3, 0.4) is 0 Å². The Morgan fingerprint density at radius 3 is 2.29 bits per heavy atom. The number of nitrogens with zero attached hydrogens (tertiary/aromatic N) is 3. The minimum absolute atomic E-state index is 0.00942. The Morgan fingerprint density at radius 1 is 1.05 bits per heavy atom. The molecule has 2 saturated heterocycles. The summed E-state index contributed by atoms with van der Waals surface area (Å²) in [5.41, 5.74) is 5.32. The number of nitrogens with two attached hydrogens (primary N) is 1. The molecule has 0 aromatic heterocycles. The van der Waals surface area contributed by atoms with Gasteiger partial charge in [-0.15, -0.1) is 0 Å². The van der Waals surface area contributed by atoms with Crippen LogP contribution in [0.2, 0.25) is 0 Å². The highest BCUT2D eigenvalue weighted by atomic mass is 16.4. The van der Waals surface area contributed by atoms with E-state index < -0.39 is 5.97 Å². The van der Waals surface area contributed by atoms with Crippen LogP contribution in [0, 0.1) is 5.92 Å². The summed E-state index contributed by atoms with van der Waals surface area (Å²) in [7, 11) is 0. The van der Waals surface area contributed by atoms with Crippen molar-refractivity contribution in [2.24, 2.45) is 11.7 Å². The lowest BCUT2D eigenvalue weighted by molar-refractivity contribution is -0.138. The minimum atomic E-state index is -0.852. The number of amides is 3. The van der Waals surface area contributed by atoms with Crippen molar-refractivity contribution in [2.45, 2.75) is 12.8 Å². The van der Waals surface area contributed by atoms with Crippen LogP contribution in [0.4, 0.5) is 4.79 Å². The molecule has 118 valence electrons. The maximum atomic E-state index is 12.4. The van der Waals surface area contributed by atoms with E-state index in [2.05, 4.69) is 0 Å².